The lowest BCUT2D eigenvalue weighted by molar-refractivity contribution is -0.153. The van der Waals surface area contributed by atoms with Gasteiger partial charge in [-0.3, -0.25) is 0 Å². The number of nitrogen functional groups attached to an aromatic ring is 1. The van der Waals surface area contributed by atoms with Crippen molar-refractivity contribution in [3.05, 3.63) is 29.8 Å². The van der Waals surface area contributed by atoms with Gasteiger partial charge >= 0.3 is 6.18 Å². The van der Waals surface area contributed by atoms with Crippen LogP contribution in [-0.2, 0) is 6.42 Å². The molecule has 0 spiro atoms. The Labute approximate surface area is 120 Å². The number of nitrogens with zero attached hydrogens (tertiary/aromatic N) is 1. The minimum absolute atomic E-state index is 0.0874. The molecule has 2 rings (SSSR count). The molecule has 3 N–H and O–H groups in total. The van der Waals surface area contributed by atoms with Crippen molar-refractivity contribution >= 4 is 16.7 Å². The maximum absolute atomic E-state index is 12.3. The van der Waals surface area contributed by atoms with Crippen LogP contribution >= 0.6 is 0 Å². The van der Waals surface area contributed by atoms with Crippen molar-refractivity contribution in [2.75, 3.05) is 12.0 Å². The highest BCUT2D eigenvalue weighted by molar-refractivity contribution is 5.87. The number of nitrogens with one attached hydrogen (secondary N) is 1. The number of halogens is 3. The maximum Gasteiger partial charge on any atom is 0.422 e. The van der Waals surface area contributed by atoms with E-state index in [-0.39, 0.29) is 5.75 Å². The summed E-state index contributed by atoms with van der Waals surface area (Å²) in [6.07, 6.45) is -2.71. The van der Waals surface area contributed by atoms with Gasteiger partial charge in [-0.25, -0.2) is 10.8 Å². The van der Waals surface area contributed by atoms with Gasteiger partial charge in [-0.1, -0.05) is 25.5 Å². The highest BCUT2D eigenvalue weighted by atomic mass is 19.4. The Kier molecular flexibility index (Phi) is 4.52. The molecule has 0 aliphatic carbocycles. The van der Waals surface area contributed by atoms with Crippen LogP contribution in [0.5, 0.6) is 5.75 Å². The van der Waals surface area contributed by atoms with E-state index >= 15 is 0 Å². The Bertz CT molecular complexity index is 629. The number of aryl methyl sites for hydroxylation is 1. The number of hydrogen-bond acceptors (Lipinski definition) is 4. The van der Waals surface area contributed by atoms with Gasteiger partial charge in [0.2, 0.25) is 0 Å². The number of para-hydroxylation sites is 1. The summed E-state index contributed by atoms with van der Waals surface area (Å²) in [5.74, 6) is 5.97. The molecule has 0 fully saturated rings. The molecule has 1 heterocycles. The molecular weight excluding hydrogens is 283 g/mol. The average molecular weight is 299 g/mol. The largest absolute Gasteiger partial charge is 0.482 e. The van der Waals surface area contributed by atoms with Crippen molar-refractivity contribution in [3.63, 3.8) is 0 Å². The van der Waals surface area contributed by atoms with E-state index in [9.17, 15) is 13.2 Å². The molecule has 0 radical (unpaired) electrons. The number of hydrogen-bond donors (Lipinski definition) is 2. The number of aromatic nitrogens is 1. The third kappa shape index (κ3) is 3.75. The number of nitrogens with two attached hydrogens (primary N) is 1. The summed E-state index contributed by atoms with van der Waals surface area (Å²) >= 11 is 0. The van der Waals surface area contributed by atoms with Gasteiger partial charge in [-0.05, 0) is 24.1 Å². The molecule has 0 saturated carbocycles. The zero-order valence-electron chi connectivity index (χ0n) is 11.5. The van der Waals surface area contributed by atoms with Crippen molar-refractivity contribution in [2.24, 2.45) is 5.84 Å². The summed E-state index contributed by atoms with van der Waals surface area (Å²) in [5.41, 5.74) is 3.76. The Morgan fingerprint density at radius 1 is 1.33 bits per heavy atom. The zero-order chi connectivity index (χ0) is 15.5. The summed E-state index contributed by atoms with van der Waals surface area (Å²) in [6, 6.07) is 6.74. The first-order valence-corrected chi connectivity index (χ1v) is 6.53. The number of anilines is 1. The fourth-order valence-corrected chi connectivity index (χ4v) is 2.08. The van der Waals surface area contributed by atoms with Gasteiger partial charge in [0.25, 0.3) is 0 Å². The number of fused-ring (bicyclic) bond motifs is 1. The zero-order valence-corrected chi connectivity index (χ0v) is 11.5. The molecule has 21 heavy (non-hydrogen) atoms. The van der Waals surface area contributed by atoms with Gasteiger partial charge in [0.05, 0.1) is 0 Å². The lowest BCUT2D eigenvalue weighted by atomic mass is 10.1. The summed E-state index contributed by atoms with van der Waals surface area (Å²) in [4.78, 5) is 4.28. The van der Waals surface area contributed by atoms with Crippen molar-refractivity contribution in [1.29, 1.82) is 0 Å². The van der Waals surface area contributed by atoms with Gasteiger partial charge in [0, 0.05) is 5.39 Å². The topological polar surface area (TPSA) is 60.2 Å². The van der Waals surface area contributed by atoms with E-state index in [1.807, 2.05) is 13.0 Å². The van der Waals surface area contributed by atoms with Crippen molar-refractivity contribution in [3.8, 4) is 5.75 Å². The Hall–Kier alpha value is -2.02. The second kappa shape index (κ2) is 6.17. The first-order valence-electron chi connectivity index (χ1n) is 6.53. The molecule has 0 unspecified atom stereocenters. The number of rotatable bonds is 5. The van der Waals surface area contributed by atoms with E-state index in [2.05, 4.69) is 10.4 Å². The molecule has 0 bridgehead atoms. The third-order valence-electron chi connectivity index (χ3n) is 2.94. The molecule has 1 aromatic heterocycles. The van der Waals surface area contributed by atoms with Gasteiger partial charge in [0.15, 0.2) is 6.61 Å². The smallest absolute Gasteiger partial charge is 0.422 e. The lowest BCUT2D eigenvalue weighted by Gasteiger charge is -2.13. The van der Waals surface area contributed by atoms with Gasteiger partial charge in [-0.15, -0.1) is 0 Å². The SMILES string of the molecule is CCCc1cc2cccc(OCC(F)(F)F)c2nc1NN. The second-order valence-electron chi connectivity index (χ2n) is 4.62. The molecule has 4 nitrogen and oxygen atoms in total. The standard InChI is InChI=1S/C14H16F3N3O/c1-2-4-10-7-9-5-3-6-11(21-8-14(15,16)17)12(9)19-13(10)20-18/h3,5-7H,2,4,8,18H2,1H3,(H,19,20). The molecule has 7 heteroatoms. The minimum Gasteiger partial charge on any atom is -0.482 e. The summed E-state index contributed by atoms with van der Waals surface area (Å²) < 4.78 is 41.6. The molecule has 0 amide bonds. The predicted molar refractivity (Wildman–Crippen MR) is 75.1 cm³/mol. The molecule has 1 aromatic carbocycles. The van der Waals surface area contributed by atoms with Gasteiger partial charge in [-0.2, -0.15) is 13.2 Å². The first kappa shape index (κ1) is 15.4. The number of alkyl halides is 3. The van der Waals surface area contributed by atoms with E-state index in [1.54, 1.807) is 12.1 Å². The van der Waals surface area contributed by atoms with Crippen LogP contribution in [-0.4, -0.2) is 17.8 Å². The molecule has 0 saturated heterocycles. The Balaban J connectivity index is 2.43. The highest BCUT2D eigenvalue weighted by Crippen LogP contribution is 2.29. The summed E-state index contributed by atoms with van der Waals surface area (Å²) in [5, 5.41) is 0.720. The van der Waals surface area contributed by atoms with Crippen molar-refractivity contribution in [2.45, 2.75) is 25.9 Å². The van der Waals surface area contributed by atoms with Crippen LogP contribution in [0.3, 0.4) is 0 Å². The summed E-state index contributed by atoms with van der Waals surface area (Å²) in [7, 11) is 0. The van der Waals surface area contributed by atoms with E-state index in [0.29, 0.717) is 11.3 Å². The number of benzene rings is 1. The molecular formula is C14H16F3N3O. The second-order valence-corrected chi connectivity index (χ2v) is 4.62. The quantitative estimate of drug-likeness (QED) is 0.656. The Morgan fingerprint density at radius 3 is 2.71 bits per heavy atom. The first-order chi connectivity index (χ1) is 9.94. The van der Waals surface area contributed by atoms with Crippen LogP contribution < -0.4 is 16.0 Å². The van der Waals surface area contributed by atoms with E-state index < -0.39 is 12.8 Å². The molecule has 114 valence electrons. The number of ether oxygens (including phenoxy) is 1. The van der Waals surface area contributed by atoms with Crippen LogP contribution in [0.25, 0.3) is 10.9 Å². The average Bonchev–Trinajstić information content (AvgIpc) is 2.43. The van der Waals surface area contributed by atoms with E-state index in [4.69, 9.17) is 10.6 Å². The van der Waals surface area contributed by atoms with Gasteiger partial charge in [0.1, 0.15) is 17.1 Å². The van der Waals surface area contributed by atoms with Gasteiger partial charge < -0.3 is 10.2 Å². The Morgan fingerprint density at radius 2 is 2.10 bits per heavy atom. The number of pyridine rings is 1. The van der Waals surface area contributed by atoms with Crippen LogP contribution in [0, 0.1) is 0 Å². The lowest BCUT2D eigenvalue weighted by Crippen LogP contribution is -2.19. The van der Waals surface area contributed by atoms with E-state index in [0.717, 1.165) is 23.8 Å². The van der Waals surface area contributed by atoms with Crippen LogP contribution in [0.15, 0.2) is 24.3 Å². The maximum atomic E-state index is 12.3. The molecule has 0 atom stereocenters. The molecule has 0 aliphatic rings. The van der Waals surface area contributed by atoms with Crippen LogP contribution in [0.2, 0.25) is 0 Å². The summed E-state index contributed by atoms with van der Waals surface area (Å²) in [6.45, 7) is 0.670. The molecule has 0 aliphatic heterocycles. The fraction of sp³-hybridized carbons (Fsp3) is 0.357. The highest BCUT2D eigenvalue weighted by Gasteiger charge is 2.28. The van der Waals surface area contributed by atoms with Crippen LogP contribution in [0.4, 0.5) is 19.0 Å². The monoisotopic (exact) mass is 299 g/mol. The molecule has 2 aromatic rings. The predicted octanol–water partition coefficient (Wildman–Crippen LogP) is 3.41. The van der Waals surface area contributed by atoms with Crippen molar-refractivity contribution in [1.82, 2.24) is 4.98 Å². The fourth-order valence-electron chi connectivity index (χ4n) is 2.08. The minimum atomic E-state index is -4.39. The van der Waals surface area contributed by atoms with Crippen LogP contribution in [0.1, 0.15) is 18.9 Å². The number of hydrazine groups is 1. The third-order valence-corrected chi connectivity index (χ3v) is 2.94. The normalized spacial score (nSPS) is 11.7. The van der Waals surface area contributed by atoms with E-state index in [1.165, 1.54) is 6.07 Å². The van der Waals surface area contributed by atoms with Crippen molar-refractivity contribution < 1.29 is 17.9 Å².